The van der Waals surface area contributed by atoms with Gasteiger partial charge in [-0.15, -0.1) is 0 Å². The van der Waals surface area contributed by atoms with Crippen molar-refractivity contribution in [2.75, 3.05) is 0 Å². The molecule has 0 aliphatic heterocycles. The van der Waals surface area contributed by atoms with Crippen molar-refractivity contribution in [2.45, 2.75) is 102 Å². The highest BCUT2D eigenvalue weighted by molar-refractivity contribution is 5.27. The van der Waals surface area contributed by atoms with Crippen LogP contribution in [0.4, 0.5) is 13.2 Å². The topological polar surface area (TPSA) is 23.8 Å². The van der Waals surface area contributed by atoms with Crippen molar-refractivity contribution in [2.24, 2.45) is 17.8 Å². The number of hydrogen-bond donors (Lipinski definition) is 0. The minimum Gasteiger partial charge on any atom is -0.193 e. The molecule has 3 rings (SSSR count). The first-order chi connectivity index (χ1) is 15.5. The summed E-state index contributed by atoms with van der Waals surface area (Å²) in [5.74, 6) is 3.00. The average molecular weight is 446 g/mol. The van der Waals surface area contributed by atoms with Gasteiger partial charge in [-0.1, -0.05) is 69.6 Å². The number of allylic oxidation sites excluding steroid dienone is 2. The molecule has 0 unspecified atom stereocenters. The van der Waals surface area contributed by atoms with E-state index in [0.717, 1.165) is 42.6 Å². The molecular formula is C28H38F3N. The molecule has 0 saturated heterocycles. The zero-order valence-electron chi connectivity index (χ0n) is 19.3. The maximum Gasteiger partial charge on any atom is 0.416 e. The molecule has 0 radical (unpaired) electrons. The smallest absolute Gasteiger partial charge is 0.193 e. The third-order valence-electron chi connectivity index (χ3n) is 7.93. The van der Waals surface area contributed by atoms with Crippen molar-refractivity contribution in [3.63, 3.8) is 0 Å². The maximum atomic E-state index is 12.8. The Hall–Kier alpha value is -1.76. The van der Waals surface area contributed by atoms with Crippen LogP contribution in [0.3, 0.4) is 0 Å². The lowest BCUT2D eigenvalue weighted by molar-refractivity contribution is -0.137. The zero-order chi connectivity index (χ0) is 22.8. The van der Waals surface area contributed by atoms with Crippen molar-refractivity contribution < 1.29 is 13.2 Å². The van der Waals surface area contributed by atoms with Crippen LogP contribution < -0.4 is 0 Å². The lowest BCUT2D eigenvalue weighted by Crippen LogP contribution is -2.15. The molecule has 0 aromatic heterocycles. The molecule has 0 bridgehead atoms. The number of nitrogens with zero attached hydrogens (tertiary/aromatic N) is 1. The summed E-state index contributed by atoms with van der Waals surface area (Å²) in [6.45, 7) is 0. The summed E-state index contributed by atoms with van der Waals surface area (Å²) in [6, 6.07) is 7.91. The van der Waals surface area contributed by atoms with E-state index in [1.54, 1.807) is 18.2 Å². The number of nitriles is 1. The van der Waals surface area contributed by atoms with Crippen LogP contribution in [0.1, 0.15) is 107 Å². The van der Waals surface area contributed by atoms with Gasteiger partial charge in [-0.05, 0) is 79.9 Å². The number of benzene rings is 1. The van der Waals surface area contributed by atoms with Crippen molar-refractivity contribution >= 4 is 0 Å². The molecule has 0 heterocycles. The SMILES string of the molecule is N#C/C=C/CCC1CCC(CCCCC2CCC(c3ccc(C(F)(F)F)cc3)CC2)CC1. The highest BCUT2D eigenvalue weighted by atomic mass is 19.4. The van der Waals surface area contributed by atoms with Crippen LogP contribution in [-0.2, 0) is 6.18 Å². The number of rotatable bonds is 9. The van der Waals surface area contributed by atoms with E-state index >= 15 is 0 Å². The van der Waals surface area contributed by atoms with E-state index in [9.17, 15) is 13.2 Å². The van der Waals surface area contributed by atoms with Gasteiger partial charge in [0, 0.05) is 6.08 Å². The van der Waals surface area contributed by atoms with Crippen molar-refractivity contribution in [1.82, 2.24) is 0 Å². The number of halogens is 3. The summed E-state index contributed by atoms with van der Waals surface area (Å²) in [5, 5.41) is 8.55. The molecule has 1 aromatic carbocycles. The Morgan fingerprint density at radius 2 is 1.28 bits per heavy atom. The molecule has 2 aliphatic carbocycles. The van der Waals surface area contributed by atoms with Crippen molar-refractivity contribution in [3.05, 3.63) is 47.5 Å². The van der Waals surface area contributed by atoms with Gasteiger partial charge in [0.25, 0.3) is 0 Å². The van der Waals surface area contributed by atoms with Crippen LogP contribution in [0.25, 0.3) is 0 Å². The number of unbranched alkanes of at least 4 members (excludes halogenated alkanes) is 1. The van der Waals surface area contributed by atoms with Crippen LogP contribution >= 0.6 is 0 Å². The molecule has 0 N–H and O–H groups in total. The second-order valence-electron chi connectivity index (χ2n) is 10.1. The fourth-order valence-corrected chi connectivity index (χ4v) is 5.87. The summed E-state index contributed by atoms with van der Waals surface area (Å²) in [5.41, 5.74) is 0.532. The first-order valence-electron chi connectivity index (χ1n) is 12.7. The van der Waals surface area contributed by atoms with Gasteiger partial charge in [-0.2, -0.15) is 18.4 Å². The first-order valence-corrected chi connectivity index (χ1v) is 12.7. The predicted molar refractivity (Wildman–Crippen MR) is 124 cm³/mol. The number of alkyl halides is 3. The van der Waals surface area contributed by atoms with E-state index < -0.39 is 11.7 Å². The van der Waals surface area contributed by atoms with Gasteiger partial charge < -0.3 is 0 Å². The molecule has 0 atom stereocenters. The minimum atomic E-state index is -4.24. The van der Waals surface area contributed by atoms with Gasteiger partial charge in [-0.3, -0.25) is 0 Å². The van der Waals surface area contributed by atoms with Crippen LogP contribution in [0.2, 0.25) is 0 Å². The first kappa shape index (κ1) is 24.9. The third kappa shape index (κ3) is 7.98. The van der Waals surface area contributed by atoms with E-state index in [1.165, 1.54) is 82.8 Å². The fraction of sp³-hybridized carbons (Fsp3) is 0.679. The Morgan fingerprint density at radius 1 is 0.781 bits per heavy atom. The van der Waals surface area contributed by atoms with Gasteiger partial charge >= 0.3 is 6.18 Å². The normalized spacial score (nSPS) is 26.8. The predicted octanol–water partition coefficient (Wildman–Crippen LogP) is 9.21. The van der Waals surface area contributed by atoms with E-state index in [0.29, 0.717) is 5.92 Å². The molecule has 4 heteroatoms. The average Bonchev–Trinajstić information content (AvgIpc) is 2.80. The number of hydrogen-bond acceptors (Lipinski definition) is 1. The molecule has 176 valence electrons. The Balaban J connectivity index is 1.26. The summed E-state index contributed by atoms with van der Waals surface area (Å²) in [7, 11) is 0. The minimum absolute atomic E-state index is 0.430. The quantitative estimate of drug-likeness (QED) is 0.274. The van der Waals surface area contributed by atoms with Gasteiger partial charge in [0.05, 0.1) is 11.6 Å². The van der Waals surface area contributed by atoms with Crippen LogP contribution in [0.15, 0.2) is 36.4 Å². The molecule has 2 aliphatic rings. The summed E-state index contributed by atoms with van der Waals surface area (Å²) in [6.07, 6.45) is 17.2. The molecule has 32 heavy (non-hydrogen) atoms. The molecule has 1 nitrogen and oxygen atoms in total. The molecule has 1 aromatic rings. The van der Waals surface area contributed by atoms with Gasteiger partial charge in [0.2, 0.25) is 0 Å². The van der Waals surface area contributed by atoms with Gasteiger partial charge in [-0.25, -0.2) is 0 Å². The molecule has 2 fully saturated rings. The van der Waals surface area contributed by atoms with Crippen LogP contribution in [0, 0.1) is 29.1 Å². The largest absolute Gasteiger partial charge is 0.416 e. The second-order valence-corrected chi connectivity index (χ2v) is 10.1. The third-order valence-corrected chi connectivity index (χ3v) is 7.93. The van der Waals surface area contributed by atoms with Crippen LogP contribution in [0.5, 0.6) is 0 Å². The summed E-state index contributed by atoms with van der Waals surface area (Å²) < 4.78 is 38.3. The Bertz CT molecular complexity index is 727. The molecule has 2 saturated carbocycles. The molecule has 0 amide bonds. The second kappa shape index (κ2) is 12.5. The van der Waals surface area contributed by atoms with E-state index in [1.807, 2.05) is 6.08 Å². The Labute approximate surface area is 192 Å². The molecule has 0 spiro atoms. The summed E-state index contributed by atoms with van der Waals surface area (Å²) in [4.78, 5) is 0. The zero-order valence-corrected chi connectivity index (χ0v) is 19.3. The van der Waals surface area contributed by atoms with Gasteiger partial charge in [0.15, 0.2) is 0 Å². The van der Waals surface area contributed by atoms with E-state index in [-0.39, 0.29) is 0 Å². The standard InChI is InChI=1S/C28H38F3N/c29-28(30,31)27-19-17-26(18-20-27)25-15-13-24(14-16-25)8-4-3-7-23-11-9-22(10-12-23)6-2-1-5-21-32/h1,5,17-20,22-25H,2-4,6-16H2/b5-1+. The van der Waals surface area contributed by atoms with E-state index in [4.69, 9.17) is 5.26 Å². The Morgan fingerprint density at radius 3 is 1.78 bits per heavy atom. The lowest BCUT2D eigenvalue weighted by Gasteiger charge is -2.30. The van der Waals surface area contributed by atoms with Crippen molar-refractivity contribution in [1.29, 1.82) is 5.26 Å². The monoisotopic (exact) mass is 445 g/mol. The molecular weight excluding hydrogens is 407 g/mol. The van der Waals surface area contributed by atoms with E-state index in [2.05, 4.69) is 6.07 Å². The highest BCUT2D eigenvalue weighted by Gasteiger charge is 2.30. The Kier molecular flexibility index (Phi) is 9.69. The van der Waals surface area contributed by atoms with Crippen LogP contribution in [-0.4, -0.2) is 0 Å². The lowest BCUT2D eigenvalue weighted by atomic mass is 9.76. The summed E-state index contributed by atoms with van der Waals surface area (Å²) >= 11 is 0. The maximum absolute atomic E-state index is 12.8. The van der Waals surface area contributed by atoms with Gasteiger partial charge in [0.1, 0.15) is 0 Å². The highest BCUT2D eigenvalue weighted by Crippen LogP contribution is 2.39. The fourth-order valence-electron chi connectivity index (χ4n) is 5.87. The van der Waals surface area contributed by atoms with Crippen molar-refractivity contribution in [3.8, 4) is 6.07 Å².